The maximum Gasteiger partial charge on any atom is 0.266 e. The number of sulfonamides is 1. The molecule has 1 aliphatic carbocycles. The van der Waals surface area contributed by atoms with Crippen LogP contribution in [0, 0.1) is 5.92 Å². The second-order valence-corrected chi connectivity index (χ2v) is 6.92. The van der Waals surface area contributed by atoms with Crippen LogP contribution >= 0.6 is 0 Å². The number of rotatable bonds is 2. The summed E-state index contributed by atoms with van der Waals surface area (Å²) in [6.07, 6.45) is -0.968. The molecule has 118 valence electrons. The van der Waals surface area contributed by atoms with Gasteiger partial charge in [0.2, 0.25) is 0 Å². The summed E-state index contributed by atoms with van der Waals surface area (Å²) >= 11 is 0. The summed E-state index contributed by atoms with van der Waals surface area (Å²) in [5, 5.41) is 0. The van der Waals surface area contributed by atoms with Crippen LogP contribution < -0.4 is 4.72 Å². The zero-order valence-electron chi connectivity index (χ0n) is 11.5. The van der Waals surface area contributed by atoms with E-state index in [1.165, 1.54) is 0 Å². The number of hydrogen-bond donors (Lipinski definition) is 1. The first-order valence-corrected chi connectivity index (χ1v) is 8.01. The van der Waals surface area contributed by atoms with Crippen molar-refractivity contribution in [2.45, 2.75) is 17.7 Å². The summed E-state index contributed by atoms with van der Waals surface area (Å²) in [6.45, 7) is 0. The van der Waals surface area contributed by atoms with Gasteiger partial charge in [-0.25, -0.2) is 13.1 Å². The Bertz CT molecular complexity index is 893. The molecule has 0 saturated heterocycles. The van der Waals surface area contributed by atoms with E-state index in [0.29, 0.717) is 0 Å². The summed E-state index contributed by atoms with van der Waals surface area (Å²) < 4.78 is 25.0. The number of hydrogen-bond acceptors (Lipinski definition) is 7. The molecule has 1 aliphatic heterocycles. The third kappa shape index (κ3) is 2.38. The Labute approximate surface area is 129 Å². The van der Waals surface area contributed by atoms with Gasteiger partial charge in [-0.3, -0.25) is 24.0 Å². The molecule has 0 unspecified atom stereocenters. The number of carbonyl (C=O) groups is 5. The first kappa shape index (κ1) is 15.2. The van der Waals surface area contributed by atoms with Gasteiger partial charge in [0.15, 0.2) is 17.3 Å². The highest BCUT2D eigenvalue weighted by Gasteiger charge is 2.41. The first-order chi connectivity index (χ1) is 10.7. The van der Waals surface area contributed by atoms with Crippen molar-refractivity contribution < 1.29 is 32.4 Å². The third-order valence-electron chi connectivity index (χ3n) is 3.67. The Balaban J connectivity index is 2.01. The molecule has 1 aromatic carbocycles. The van der Waals surface area contributed by atoms with Crippen LogP contribution in [0.4, 0.5) is 0 Å². The third-order valence-corrected chi connectivity index (χ3v) is 5.06. The minimum absolute atomic E-state index is 0.128. The SMILES string of the molecule is O=C1CC(=O)C(C(=O)c2ccc3c(c2)C(=O)NS3(=O)=O)C(=O)C1. The second-order valence-electron chi connectivity index (χ2n) is 5.27. The minimum atomic E-state index is -3.94. The fourth-order valence-electron chi connectivity index (χ4n) is 2.62. The van der Waals surface area contributed by atoms with Gasteiger partial charge in [-0.05, 0) is 18.2 Å². The Hall–Kier alpha value is -2.68. The molecule has 0 radical (unpaired) electrons. The Morgan fingerprint density at radius 2 is 1.65 bits per heavy atom. The molecular formula is C14H9NO7S. The molecule has 1 aromatic rings. The Morgan fingerprint density at radius 1 is 1.04 bits per heavy atom. The summed E-state index contributed by atoms with van der Waals surface area (Å²) in [4.78, 5) is 58.5. The van der Waals surface area contributed by atoms with Gasteiger partial charge < -0.3 is 0 Å². The maximum atomic E-state index is 12.4. The van der Waals surface area contributed by atoms with Gasteiger partial charge in [0.1, 0.15) is 16.6 Å². The second kappa shape index (κ2) is 4.92. The molecule has 1 amide bonds. The lowest BCUT2D eigenvalue weighted by atomic mass is 9.81. The lowest BCUT2D eigenvalue weighted by molar-refractivity contribution is -0.139. The van der Waals surface area contributed by atoms with Crippen molar-refractivity contribution in [1.82, 2.24) is 4.72 Å². The molecule has 8 nitrogen and oxygen atoms in total. The van der Waals surface area contributed by atoms with Gasteiger partial charge in [0.25, 0.3) is 15.9 Å². The van der Waals surface area contributed by atoms with Crippen molar-refractivity contribution in [3.05, 3.63) is 29.3 Å². The van der Waals surface area contributed by atoms with Gasteiger partial charge in [0.05, 0.1) is 18.4 Å². The summed E-state index contributed by atoms with van der Waals surface area (Å²) in [5.41, 5.74) is -0.348. The van der Waals surface area contributed by atoms with Crippen molar-refractivity contribution in [3.8, 4) is 0 Å². The number of nitrogens with one attached hydrogen (secondary N) is 1. The van der Waals surface area contributed by atoms with Gasteiger partial charge in [-0.1, -0.05) is 0 Å². The van der Waals surface area contributed by atoms with E-state index < -0.39 is 57.8 Å². The van der Waals surface area contributed by atoms with E-state index in [0.717, 1.165) is 18.2 Å². The lowest BCUT2D eigenvalue weighted by Gasteiger charge is -2.17. The monoisotopic (exact) mass is 335 g/mol. The molecule has 1 fully saturated rings. The lowest BCUT2D eigenvalue weighted by Crippen LogP contribution is -2.39. The number of benzene rings is 1. The maximum absolute atomic E-state index is 12.4. The van der Waals surface area contributed by atoms with Gasteiger partial charge >= 0.3 is 0 Å². The van der Waals surface area contributed by atoms with Crippen LogP contribution in [0.1, 0.15) is 33.6 Å². The van der Waals surface area contributed by atoms with E-state index in [2.05, 4.69) is 0 Å². The molecule has 0 spiro atoms. The van der Waals surface area contributed by atoms with Crippen LogP contribution in [0.2, 0.25) is 0 Å². The molecule has 23 heavy (non-hydrogen) atoms. The fraction of sp³-hybridized carbons (Fsp3) is 0.214. The molecule has 1 N–H and O–H groups in total. The highest BCUT2D eigenvalue weighted by Crippen LogP contribution is 2.26. The molecule has 0 atom stereocenters. The largest absolute Gasteiger partial charge is 0.299 e. The molecule has 1 heterocycles. The van der Waals surface area contributed by atoms with Crippen molar-refractivity contribution in [1.29, 1.82) is 0 Å². The zero-order chi connectivity index (χ0) is 16.9. The first-order valence-electron chi connectivity index (χ1n) is 6.53. The predicted molar refractivity (Wildman–Crippen MR) is 73.2 cm³/mol. The molecule has 3 rings (SSSR count). The van der Waals surface area contributed by atoms with Crippen molar-refractivity contribution in [2.75, 3.05) is 0 Å². The molecule has 2 aliphatic rings. The predicted octanol–water partition coefficient (Wildman–Crippen LogP) is -0.581. The number of ketones is 4. The van der Waals surface area contributed by atoms with Gasteiger partial charge in [0, 0.05) is 5.56 Å². The van der Waals surface area contributed by atoms with Crippen molar-refractivity contribution >= 4 is 39.1 Å². The summed E-state index contributed by atoms with van der Waals surface area (Å²) in [7, 11) is -3.94. The van der Waals surface area contributed by atoms with Crippen LogP contribution in [0.25, 0.3) is 0 Å². The van der Waals surface area contributed by atoms with Crippen molar-refractivity contribution in [3.63, 3.8) is 0 Å². The van der Waals surface area contributed by atoms with Gasteiger partial charge in [-0.2, -0.15) is 0 Å². The number of amides is 1. The molecular weight excluding hydrogens is 326 g/mol. The average molecular weight is 335 g/mol. The van der Waals surface area contributed by atoms with Crippen LogP contribution in [0.5, 0.6) is 0 Å². The smallest absolute Gasteiger partial charge is 0.266 e. The molecule has 9 heteroatoms. The molecule has 1 saturated carbocycles. The van der Waals surface area contributed by atoms with Crippen LogP contribution in [-0.4, -0.2) is 37.5 Å². The Morgan fingerprint density at radius 3 is 2.26 bits per heavy atom. The zero-order valence-corrected chi connectivity index (χ0v) is 12.3. The van der Waals surface area contributed by atoms with E-state index in [-0.39, 0.29) is 16.0 Å². The number of Topliss-reactive ketones (excluding diaryl/α,β-unsaturated/α-hetero) is 4. The normalized spacial score (nSPS) is 20.3. The highest BCUT2D eigenvalue weighted by molar-refractivity contribution is 7.90. The van der Waals surface area contributed by atoms with E-state index in [4.69, 9.17) is 0 Å². The van der Waals surface area contributed by atoms with E-state index in [9.17, 15) is 32.4 Å². The van der Waals surface area contributed by atoms with E-state index in [1.807, 2.05) is 0 Å². The summed E-state index contributed by atoms with van der Waals surface area (Å²) in [5.74, 6) is -5.41. The molecule has 0 aromatic heterocycles. The standard InChI is InChI=1S/C14H9NO7S/c16-7-4-9(17)12(10(18)5-7)13(19)6-1-2-11-8(3-6)14(20)15-23(11,21)22/h1-3,12H,4-5H2,(H,15,20). The van der Waals surface area contributed by atoms with Crippen molar-refractivity contribution in [2.24, 2.45) is 5.92 Å². The Kier molecular flexibility index (Phi) is 3.25. The highest BCUT2D eigenvalue weighted by atomic mass is 32.2. The average Bonchev–Trinajstić information content (AvgIpc) is 2.67. The number of carbonyl (C=O) groups excluding carboxylic acids is 5. The fourth-order valence-corrected chi connectivity index (χ4v) is 3.77. The molecule has 0 bridgehead atoms. The van der Waals surface area contributed by atoms with Crippen LogP contribution in [-0.2, 0) is 24.4 Å². The number of fused-ring (bicyclic) bond motifs is 1. The van der Waals surface area contributed by atoms with Crippen LogP contribution in [0.15, 0.2) is 23.1 Å². The van der Waals surface area contributed by atoms with E-state index in [1.54, 1.807) is 4.72 Å². The minimum Gasteiger partial charge on any atom is -0.299 e. The summed E-state index contributed by atoms with van der Waals surface area (Å²) in [6, 6.07) is 3.24. The topological polar surface area (TPSA) is 132 Å². The quantitative estimate of drug-likeness (QED) is 0.565. The van der Waals surface area contributed by atoms with E-state index >= 15 is 0 Å². The van der Waals surface area contributed by atoms with Gasteiger partial charge in [-0.15, -0.1) is 0 Å². The van der Waals surface area contributed by atoms with Crippen LogP contribution in [0.3, 0.4) is 0 Å².